The second-order valence-corrected chi connectivity index (χ2v) is 4.75. The summed E-state index contributed by atoms with van der Waals surface area (Å²) in [6.07, 6.45) is 4.88. The lowest BCUT2D eigenvalue weighted by atomic mass is 10.0. The SMILES string of the molecule is CN.CN(C)C1CCN(c2cc(C=O)ccn2)CC1. The Bertz CT molecular complexity index is 387. The summed E-state index contributed by atoms with van der Waals surface area (Å²) in [5.41, 5.74) is 5.20. The predicted octanol–water partition coefficient (Wildman–Crippen LogP) is 0.999. The highest BCUT2D eigenvalue weighted by Gasteiger charge is 2.21. The van der Waals surface area contributed by atoms with Crippen LogP contribution in [0.1, 0.15) is 23.2 Å². The molecule has 0 bridgehead atoms. The average Bonchev–Trinajstić information content (AvgIpc) is 2.49. The lowest BCUT2D eigenvalue weighted by molar-refractivity contribution is 0.112. The fourth-order valence-electron chi connectivity index (χ4n) is 2.29. The molecule has 0 spiro atoms. The molecule has 5 nitrogen and oxygen atoms in total. The van der Waals surface area contributed by atoms with Gasteiger partial charge in [-0.25, -0.2) is 4.98 Å². The summed E-state index contributed by atoms with van der Waals surface area (Å²) in [7, 11) is 5.76. The van der Waals surface area contributed by atoms with Gasteiger partial charge in [0.25, 0.3) is 0 Å². The molecule has 2 rings (SSSR count). The van der Waals surface area contributed by atoms with E-state index in [9.17, 15) is 4.79 Å². The molecule has 2 heterocycles. The van der Waals surface area contributed by atoms with Crippen LogP contribution in [-0.2, 0) is 0 Å². The molecule has 5 heteroatoms. The summed E-state index contributed by atoms with van der Waals surface area (Å²) < 4.78 is 0. The maximum absolute atomic E-state index is 10.7. The monoisotopic (exact) mass is 264 g/mol. The summed E-state index contributed by atoms with van der Waals surface area (Å²) in [5, 5.41) is 0. The van der Waals surface area contributed by atoms with Gasteiger partial charge in [0.05, 0.1) is 0 Å². The van der Waals surface area contributed by atoms with Crippen molar-refractivity contribution >= 4 is 12.1 Å². The van der Waals surface area contributed by atoms with Gasteiger partial charge in [-0.05, 0) is 46.1 Å². The minimum atomic E-state index is 0.667. The summed E-state index contributed by atoms with van der Waals surface area (Å²) >= 11 is 0. The highest BCUT2D eigenvalue weighted by molar-refractivity contribution is 5.76. The number of nitrogens with two attached hydrogens (primary N) is 1. The molecule has 0 atom stereocenters. The lowest BCUT2D eigenvalue weighted by Crippen LogP contribution is -2.42. The quantitative estimate of drug-likeness (QED) is 0.825. The van der Waals surface area contributed by atoms with Crippen LogP contribution in [0.2, 0.25) is 0 Å². The fraction of sp³-hybridized carbons (Fsp3) is 0.571. The van der Waals surface area contributed by atoms with E-state index in [0.717, 1.165) is 38.0 Å². The zero-order valence-corrected chi connectivity index (χ0v) is 12.0. The van der Waals surface area contributed by atoms with E-state index >= 15 is 0 Å². The molecule has 1 aliphatic heterocycles. The Morgan fingerprint density at radius 3 is 2.53 bits per heavy atom. The number of hydrogen-bond donors (Lipinski definition) is 1. The second kappa shape index (κ2) is 7.86. The maximum Gasteiger partial charge on any atom is 0.150 e. The summed E-state index contributed by atoms with van der Waals surface area (Å²) in [6, 6.07) is 4.27. The molecule has 0 unspecified atom stereocenters. The van der Waals surface area contributed by atoms with Gasteiger partial charge in [0.1, 0.15) is 12.1 Å². The Morgan fingerprint density at radius 2 is 2.00 bits per heavy atom. The van der Waals surface area contributed by atoms with Crippen molar-refractivity contribution in [3.05, 3.63) is 23.9 Å². The molecule has 0 radical (unpaired) electrons. The van der Waals surface area contributed by atoms with Crippen molar-refractivity contribution in [1.29, 1.82) is 0 Å². The Kier molecular flexibility index (Phi) is 6.45. The van der Waals surface area contributed by atoms with E-state index in [1.54, 1.807) is 12.3 Å². The van der Waals surface area contributed by atoms with Crippen molar-refractivity contribution in [3.8, 4) is 0 Å². The third-order valence-electron chi connectivity index (χ3n) is 3.42. The van der Waals surface area contributed by atoms with E-state index in [1.807, 2.05) is 6.07 Å². The number of aromatic nitrogens is 1. The van der Waals surface area contributed by atoms with Gasteiger partial charge >= 0.3 is 0 Å². The van der Waals surface area contributed by atoms with Crippen LogP contribution in [0, 0.1) is 0 Å². The smallest absolute Gasteiger partial charge is 0.150 e. The molecule has 1 aromatic rings. The molecule has 19 heavy (non-hydrogen) atoms. The third kappa shape index (κ3) is 4.29. The molecular formula is C14H24N4O. The van der Waals surface area contributed by atoms with Crippen molar-refractivity contribution in [1.82, 2.24) is 9.88 Å². The van der Waals surface area contributed by atoms with Crippen molar-refractivity contribution in [2.24, 2.45) is 5.73 Å². The zero-order chi connectivity index (χ0) is 14.3. The summed E-state index contributed by atoms with van der Waals surface area (Å²) in [5.74, 6) is 0.923. The van der Waals surface area contributed by atoms with Crippen LogP contribution in [0.15, 0.2) is 18.3 Å². The number of pyridine rings is 1. The Morgan fingerprint density at radius 1 is 1.37 bits per heavy atom. The number of nitrogens with zero attached hydrogens (tertiary/aromatic N) is 3. The van der Waals surface area contributed by atoms with Crippen LogP contribution < -0.4 is 10.6 Å². The summed E-state index contributed by atoms with van der Waals surface area (Å²) in [4.78, 5) is 19.6. The zero-order valence-electron chi connectivity index (χ0n) is 12.0. The standard InChI is InChI=1S/C13H19N3O.CH5N/c1-15(2)12-4-7-16(8-5-12)13-9-11(10-17)3-6-14-13;1-2/h3,6,9-10,12H,4-5,7-8H2,1-2H3;2H2,1H3. The third-order valence-corrected chi connectivity index (χ3v) is 3.42. The second-order valence-electron chi connectivity index (χ2n) is 4.75. The van der Waals surface area contributed by atoms with E-state index in [1.165, 1.54) is 7.05 Å². The first-order chi connectivity index (χ1) is 9.20. The van der Waals surface area contributed by atoms with Crippen LogP contribution >= 0.6 is 0 Å². The van der Waals surface area contributed by atoms with Gasteiger partial charge in [-0.3, -0.25) is 4.79 Å². The Labute approximate surface area is 115 Å². The first kappa shape index (κ1) is 15.6. The highest BCUT2D eigenvalue weighted by Crippen LogP contribution is 2.20. The number of carbonyl (C=O) groups excluding carboxylic acids is 1. The van der Waals surface area contributed by atoms with Crippen molar-refractivity contribution in [2.75, 3.05) is 39.1 Å². The molecule has 1 saturated heterocycles. The van der Waals surface area contributed by atoms with Gasteiger partial charge < -0.3 is 15.5 Å². The molecular weight excluding hydrogens is 240 g/mol. The molecule has 1 fully saturated rings. The van der Waals surface area contributed by atoms with Crippen molar-refractivity contribution < 1.29 is 4.79 Å². The van der Waals surface area contributed by atoms with Gasteiger partial charge in [-0.15, -0.1) is 0 Å². The number of anilines is 1. The lowest BCUT2D eigenvalue weighted by Gasteiger charge is -2.35. The van der Waals surface area contributed by atoms with Gasteiger partial charge in [0.2, 0.25) is 0 Å². The normalized spacial score (nSPS) is 15.9. The van der Waals surface area contributed by atoms with Crippen LogP contribution in [0.25, 0.3) is 0 Å². The van der Waals surface area contributed by atoms with E-state index < -0.39 is 0 Å². The highest BCUT2D eigenvalue weighted by atomic mass is 16.1. The number of carbonyl (C=O) groups is 1. The molecule has 106 valence electrons. The van der Waals surface area contributed by atoms with Gasteiger partial charge in [0.15, 0.2) is 0 Å². The van der Waals surface area contributed by atoms with E-state index in [4.69, 9.17) is 0 Å². The Balaban J connectivity index is 0.000000861. The van der Waals surface area contributed by atoms with Gasteiger partial charge in [-0.2, -0.15) is 0 Å². The number of piperidine rings is 1. The predicted molar refractivity (Wildman–Crippen MR) is 78.7 cm³/mol. The van der Waals surface area contributed by atoms with Crippen LogP contribution in [0.5, 0.6) is 0 Å². The van der Waals surface area contributed by atoms with E-state index in [-0.39, 0.29) is 0 Å². The van der Waals surface area contributed by atoms with E-state index in [2.05, 4.69) is 34.6 Å². The topological polar surface area (TPSA) is 62.5 Å². The maximum atomic E-state index is 10.7. The Hall–Kier alpha value is -1.46. The van der Waals surface area contributed by atoms with Crippen molar-refractivity contribution in [3.63, 3.8) is 0 Å². The number of rotatable bonds is 3. The molecule has 1 aromatic heterocycles. The molecule has 2 N–H and O–H groups in total. The van der Waals surface area contributed by atoms with Crippen LogP contribution in [0.4, 0.5) is 5.82 Å². The van der Waals surface area contributed by atoms with Crippen LogP contribution in [0.3, 0.4) is 0 Å². The summed E-state index contributed by atoms with van der Waals surface area (Å²) in [6.45, 7) is 2.02. The number of aldehydes is 1. The molecule has 0 amide bonds. The largest absolute Gasteiger partial charge is 0.356 e. The molecule has 0 aliphatic carbocycles. The molecule has 0 saturated carbocycles. The minimum Gasteiger partial charge on any atom is -0.356 e. The first-order valence-corrected chi connectivity index (χ1v) is 6.61. The minimum absolute atomic E-state index is 0.667. The van der Waals surface area contributed by atoms with Gasteiger partial charge in [-0.1, -0.05) is 0 Å². The molecule has 1 aliphatic rings. The first-order valence-electron chi connectivity index (χ1n) is 6.61. The molecule has 0 aromatic carbocycles. The number of hydrogen-bond acceptors (Lipinski definition) is 5. The van der Waals surface area contributed by atoms with Crippen molar-refractivity contribution in [2.45, 2.75) is 18.9 Å². The van der Waals surface area contributed by atoms with Crippen LogP contribution in [-0.4, -0.2) is 56.4 Å². The average molecular weight is 264 g/mol. The fourth-order valence-corrected chi connectivity index (χ4v) is 2.29. The van der Waals surface area contributed by atoms with Gasteiger partial charge in [0, 0.05) is 30.9 Å². The van der Waals surface area contributed by atoms with E-state index in [0.29, 0.717) is 11.6 Å².